The molecular weight excluding hydrogens is 256 g/mol. The molecule has 0 atom stereocenters. The summed E-state index contributed by atoms with van der Waals surface area (Å²) in [6, 6.07) is 10.7. The maximum atomic E-state index is 10.7. The molecule has 0 spiro atoms. The van der Waals surface area contributed by atoms with Gasteiger partial charge < -0.3 is 15.6 Å². The van der Waals surface area contributed by atoms with E-state index in [0.29, 0.717) is 22.9 Å². The summed E-state index contributed by atoms with van der Waals surface area (Å²) in [5.41, 5.74) is 8.48. The van der Waals surface area contributed by atoms with E-state index in [0.717, 1.165) is 11.1 Å². The summed E-state index contributed by atoms with van der Waals surface area (Å²) < 4.78 is 5.72. The maximum Gasteiger partial charge on any atom is 0.409 e. The highest BCUT2D eigenvalue weighted by atomic mass is 16.5. The number of ether oxygens (including phenoxy) is 1. The van der Waals surface area contributed by atoms with Crippen LogP contribution in [0.2, 0.25) is 0 Å². The van der Waals surface area contributed by atoms with Gasteiger partial charge in [0.15, 0.2) is 0 Å². The van der Waals surface area contributed by atoms with E-state index in [-0.39, 0.29) is 0 Å². The van der Waals surface area contributed by atoms with Crippen LogP contribution in [0, 0.1) is 13.8 Å². The zero-order valence-corrected chi connectivity index (χ0v) is 11.3. The highest BCUT2D eigenvalue weighted by Crippen LogP contribution is 2.29. The molecule has 1 amide bonds. The fraction of sp³-hybridized carbons (Fsp3) is 0.133. The SMILES string of the molecule is Cc1cc(Oc2ccc(N)cc2)cc(C)c1NC(=O)O. The number of anilines is 2. The molecule has 0 saturated carbocycles. The molecule has 0 bridgehead atoms. The summed E-state index contributed by atoms with van der Waals surface area (Å²) in [6.45, 7) is 3.65. The van der Waals surface area contributed by atoms with Crippen molar-refractivity contribution in [2.45, 2.75) is 13.8 Å². The van der Waals surface area contributed by atoms with E-state index < -0.39 is 6.09 Å². The summed E-state index contributed by atoms with van der Waals surface area (Å²) >= 11 is 0. The third kappa shape index (κ3) is 3.20. The Morgan fingerprint density at radius 2 is 1.65 bits per heavy atom. The van der Waals surface area contributed by atoms with Gasteiger partial charge in [0.2, 0.25) is 0 Å². The highest BCUT2D eigenvalue weighted by molar-refractivity contribution is 5.85. The van der Waals surface area contributed by atoms with E-state index in [9.17, 15) is 4.79 Å². The number of hydrogen-bond donors (Lipinski definition) is 3. The van der Waals surface area contributed by atoms with Crippen LogP contribution in [-0.4, -0.2) is 11.2 Å². The van der Waals surface area contributed by atoms with Gasteiger partial charge in [0, 0.05) is 5.69 Å². The van der Waals surface area contributed by atoms with Gasteiger partial charge in [0.1, 0.15) is 11.5 Å². The van der Waals surface area contributed by atoms with Crippen molar-refractivity contribution in [3.05, 3.63) is 47.5 Å². The number of hydrogen-bond acceptors (Lipinski definition) is 3. The van der Waals surface area contributed by atoms with Crippen LogP contribution in [0.4, 0.5) is 16.2 Å². The van der Waals surface area contributed by atoms with E-state index >= 15 is 0 Å². The smallest absolute Gasteiger partial charge is 0.409 e. The number of aryl methyl sites for hydroxylation is 2. The first kappa shape index (κ1) is 13.7. The Balaban J connectivity index is 2.26. The monoisotopic (exact) mass is 272 g/mol. The largest absolute Gasteiger partial charge is 0.465 e. The van der Waals surface area contributed by atoms with Crippen molar-refractivity contribution in [2.24, 2.45) is 0 Å². The second kappa shape index (κ2) is 5.52. The van der Waals surface area contributed by atoms with E-state index in [1.165, 1.54) is 0 Å². The Kier molecular flexibility index (Phi) is 3.79. The molecule has 5 heteroatoms. The van der Waals surface area contributed by atoms with Crippen LogP contribution in [0.1, 0.15) is 11.1 Å². The van der Waals surface area contributed by atoms with Crippen LogP contribution in [0.5, 0.6) is 11.5 Å². The average Bonchev–Trinajstić information content (AvgIpc) is 2.36. The minimum absolute atomic E-state index is 0.585. The molecule has 4 N–H and O–H groups in total. The zero-order valence-electron chi connectivity index (χ0n) is 11.3. The molecule has 0 aromatic heterocycles. The fourth-order valence-electron chi connectivity index (χ4n) is 1.96. The number of rotatable bonds is 3. The first-order valence-electron chi connectivity index (χ1n) is 6.10. The van der Waals surface area contributed by atoms with Crippen LogP contribution in [0.3, 0.4) is 0 Å². The van der Waals surface area contributed by atoms with Crippen molar-refractivity contribution in [1.82, 2.24) is 0 Å². The Bertz CT molecular complexity index is 613. The minimum Gasteiger partial charge on any atom is -0.465 e. The summed E-state index contributed by atoms with van der Waals surface area (Å²) in [5.74, 6) is 1.33. The molecule has 0 radical (unpaired) electrons. The van der Waals surface area contributed by atoms with Gasteiger partial charge in [0.25, 0.3) is 0 Å². The van der Waals surface area contributed by atoms with E-state index in [1.807, 2.05) is 13.8 Å². The number of carbonyl (C=O) groups is 1. The molecule has 0 aliphatic rings. The second-order valence-corrected chi connectivity index (χ2v) is 4.53. The first-order chi connectivity index (χ1) is 9.45. The van der Waals surface area contributed by atoms with Gasteiger partial charge in [-0.25, -0.2) is 4.79 Å². The maximum absolute atomic E-state index is 10.7. The molecule has 2 aromatic rings. The molecule has 20 heavy (non-hydrogen) atoms. The van der Waals surface area contributed by atoms with Crippen molar-refractivity contribution >= 4 is 17.5 Å². The molecule has 104 valence electrons. The lowest BCUT2D eigenvalue weighted by Crippen LogP contribution is -2.10. The molecule has 5 nitrogen and oxygen atoms in total. The molecule has 0 aliphatic heterocycles. The summed E-state index contributed by atoms with van der Waals surface area (Å²) in [6.07, 6.45) is -1.08. The Morgan fingerprint density at radius 1 is 1.10 bits per heavy atom. The van der Waals surface area contributed by atoms with Gasteiger partial charge in [-0.15, -0.1) is 0 Å². The van der Waals surface area contributed by atoms with Crippen molar-refractivity contribution in [3.8, 4) is 11.5 Å². The topological polar surface area (TPSA) is 84.6 Å². The highest BCUT2D eigenvalue weighted by Gasteiger charge is 2.09. The Labute approximate surface area is 117 Å². The van der Waals surface area contributed by atoms with Gasteiger partial charge in [0.05, 0.1) is 5.69 Å². The van der Waals surface area contributed by atoms with Crippen molar-refractivity contribution in [3.63, 3.8) is 0 Å². The summed E-state index contributed by atoms with van der Waals surface area (Å²) in [7, 11) is 0. The minimum atomic E-state index is -1.08. The van der Waals surface area contributed by atoms with Gasteiger partial charge in [-0.1, -0.05) is 0 Å². The molecule has 2 rings (SSSR count). The standard InChI is InChI=1S/C15H16N2O3/c1-9-7-13(8-10(2)14(9)17-15(18)19)20-12-5-3-11(16)4-6-12/h3-8,17H,16H2,1-2H3,(H,18,19). The predicted octanol–water partition coefficient (Wildman–Crippen LogP) is 3.77. The van der Waals surface area contributed by atoms with Gasteiger partial charge in [-0.05, 0) is 61.4 Å². The van der Waals surface area contributed by atoms with Crippen LogP contribution in [-0.2, 0) is 0 Å². The summed E-state index contributed by atoms with van der Waals surface area (Å²) in [5, 5.41) is 11.2. The Morgan fingerprint density at radius 3 is 2.15 bits per heavy atom. The number of amides is 1. The van der Waals surface area contributed by atoms with Crippen LogP contribution < -0.4 is 15.8 Å². The molecular formula is C15H16N2O3. The fourth-order valence-corrected chi connectivity index (χ4v) is 1.96. The molecule has 0 unspecified atom stereocenters. The predicted molar refractivity (Wildman–Crippen MR) is 78.5 cm³/mol. The average molecular weight is 272 g/mol. The van der Waals surface area contributed by atoms with Crippen molar-refractivity contribution in [1.29, 1.82) is 0 Å². The summed E-state index contributed by atoms with van der Waals surface area (Å²) in [4.78, 5) is 10.7. The Hall–Kier alpha value is -2.69. The van der Waals surface area contributed by atoms with E-state index in [1.54, 1.807) is 36.4 Å². The van der Waals surface area contributed by atoms with Gasteiger partial charge in [-0.2, -0.15) is 0 Å². The van der Waals surface area contributed by atoms with Gasteiger partial charge >= 0.3 is 6.09 Å². The lowest BCUT2D eigenvalue weighted by molar-refractivity contribution is 0.209. The number of nitrogen functional groups attached to an aromatic ring is 1. The number of carboxylic acid groups (broad SMARTS) is 1. The second-order valence-electron chi connectivity index (χ2n) is 4.53. The van der Waals surface area contributed by atoms with Crippen LogP contribution in [0.15, 0.2) is 36.4 Å². The van der Waals surface area contributed by atoms with Crippen molar-refractivity contribution < 1.29 is 14.6 Å². The molecule has 2 aromatic carbocycles. The molecule has 0 aliphatic carbocycles. The van der Waals surface area contributed by atoms with Crippen LogP contribution in [0.25, 0.3) is 0 Å². The lowest BCUT2D eigenvalue weighted by Gasteiger charge is -2.13. The number of nitrogens with one attached hydrogen (secondary N) is 1. The van der Waals surface area contributed by atoms with E-state index in [4.69, 9.17) is 15.6 Å². The third-order valence-electron chi connectivity index (χ3n) is 2.85. The quantitative estimate of drug-likeness (QED) is 0.742. The number of nitrogens with two attached hydrogens (primary N) is 1. The molecule has 0 saturated heterocycles. The molecule has 0 heterocycles. The molecule has 0 fully saturated rings. The zero-order chi connectivity index (χ0) is 14.7. The normalized spacial score (nSPS) is 10.1. The lowest BCUT2D eigenvalue weighted by atomic mass is 10.1. The number of benzene rings is 2. The van der Waals surface area contributed by atoms with Crippen molar-refractivity contribution in [2.75, 3.05) is 11.1 Å². The van der Waals surface area contributed by atoms with Crippen LogP contribution >= 0.6 is 0 Å². The first-order valence-corrected chi connectivity index (χ1v) is 6.10. The van der Waals surface area contributed by atoms with E-state index in [2.05, 4.69) is 5.32 Å². The third-order valence-corrected chi connectivity index (χ3v) is 2.85. The van der Waals surface area contributed by atoms with Gasteiger partial charge in [-0.3, -0.25) is 5.32 Å².